The summed E-state index contributed by atoms with van der Waals surface area (Å²) in [5.74, 6) is -8.63. The van der Waals surface area contributed by atoms with Crippen molar-refractivity contribution in [2.24, 2.45) is 17.8 Å². The fourth-order valence-electron chi connectivity index (χ4n) is 15.7. The van der Waals surface area contributed by atoms with E-state index in [4.69, 9.17) is 11.6 Å². The van der Waals surface area contributed by atoms with Crippen LogP contribution in [0.25, 0.3) is 0 Å². The van der Waals surface area contributed by atoms with Crippen molar-refractivity contribution in [2.45, 2.75) is 262 Å². The molecule has 12 amide bonds. The minimum Gasteiger partial charge on any atom is -0.343 e. The van der Waals surface area contributed by atoms with Crippen LogP contribution in [-0.2, 0) is 70.1 Å². The summed E-state index contributed by atoms with van der Waals surface area (Å²) in [6, 6.07) is -7.78. The average Bonchev–Trinajstić information content (AvgIpc) is 1.43. The second-order valence-electron chi connectivity index (χ2n) is 29.8. The Balaban J connectivity index is 1.29. The number of likely N-dealkylation sites (tertiary alicyclic amines) is 1. The summed E-state index contributed by atoms with van der Waals surface area (Å²) in [7, 11) is 8.65. The van der Waals surface area contributed by atoms with Crippen molar-refractivity contribution in [3.05, 3.63) is 34.3 Å². The summed E-state index contributed by atoms with van der Waals surface area (Å²) in [4.78, 5) is 192. The molecular weight excluding hydrogens is 1330 g/mol. The number of hydrogen-bond donors (Lipinski definition) is 3. The molecule has 1 spiro atoms. The largest absolute Gasteiger partial charge is 0.417 e. The molecule has 6 fully saturated rings. The molecule has 2 saturated carbocycles. The van der Waals surface area contributed by atoms with Crippen LogP contribution in [0.4, 0.5) is 13.2 Å². The van der Waals surface area contributed by atoms with Gasteiger partial charge in [0.2, 0.25) is 70.9 Å². The number of carbonyl (C=O) groups excluding carboxylic acids is 12. The van der Waals surface area contributed by atoms with Crippen LogP contribution in [0, 0.1) is 17.8 Å². The Hall–Kier alpha value is -7.06. The summed E-state index contributed by atoms with van der Waals surface area (Å²) >= 11 is 6.16. The molecule has 0 unspecified atom stereocenters. The number of nitrogens with one attached hydrogen (secondary N) is 3. The minimum absolute atomic E-state index is 0.0238. The van der Waals surface area contributed by atoms with Gasteiger partial charge in [-0.25, -0.2) is 0 Å². The predicted molar refractivity (Wildman–Crippen MR) is 374 cm³/mol. The third kappa shape index (κ3) is 19.4. The van der Waals surface area contributed by atoms with Crippen molar-refractivity contribution >= 4 is 82.5 Å². The Morgan fingerprint density at radius 2 is 1.28 bits per heavy atom. The first kappa shape index (κ1) is 81.2. The van der Waals surface area contributed by atoms with Crippen molar-refractivity contribution in [2.75, 3.05) is 75.0 Å². The van der Waals surface area contributed by atoms with Crippen LogP contribution in [0.2, 0.25) is 5.02 Å². The molecule has 3 N–H and O–H groups in total. The number of hydrogen-bond acceptors (Lipinski definition) is 12. The Kier molecular flexibility index (Phi) is 28.9. The minimum atomic E-state index is -4.76. The molecule has 564 valence electrons. The smallest absolute Gasteiger partial charge is 0.343 e. The molecule has 2 aliphatic carbocycles. The van der Waals surface area contributed by atoms with Crippen molar-refractivity contribution in [3.8, 4) is 0 Å². The highest BCUT2D eigenvalue weighted by atomic mass is 35.5. The molecule has 0 aromatic heterocycles. The lowest BCUT2D eigenvalue weighted by atomic mass is 9.84. The van der Waals surface area contributed by atoms with E-state index in [0.29, 0.717) is 70.0 Å². The maximum absolute atomic E-state index is 15.5. The van der Waals surface area contributed by atoms with Gasteiger partial charge >= 0.3 is 6.18 Å². The van der Waals surface area contributed by atoms with Gasteiger partial charge in [-0.05, 0) is 119 Å². The fraction of sp³-hybridized carbons (Fsp3) is 0.753. The molecule has 1 aromatic rings. The molecule has 28 heteroatoms. The Morgan fingerprint density at radius 3 is 1.87 bits per heavy atom. The van der Waals surface area contributed by atoms with E-state index in [9.17, 15) is 46.7 Å². The van der Waals surface area contributed by atoms with E-state index >= 15 is 24.0 Å². The summed E-state index contributed by atoms with van der Waals surface area (Å²) in [6.07, 6.45) is 5.83. The van der Waals surface area contributed by atoms with Gasteiger partial charge < -0.3 is 60.0 Å². The van der Waals surface area contributed by atoms with Crippen LogP contribution in [0.3, 0.4) is 0 Å². The number of amides is 12. The molecule has 4 saturated heterocycles. The summed E-state index contributed by atoms with van der Waals surface area (Å²) < 4.78 is 41.6. The van der Waals surface area contributed by atoms with Gasteiger partial charge in [0.15, 0.2) is 0 Å². The van der Waals surface area contributed by atoms with Gasteiger partial charge in [-0.3, -0.25) is 57.5 Å². The molecule has 4 heterocycles. The first-order chi connectivity index (χ1) is 47.7. The zero-order chi connectivity index (χ0) is 74.5. The Bertz CT molecular complexity index is 3160. The number of piperidine rings is 1. The monoisotopic (exact) mass is 1440 g/mol. The second kappa shape index (κ2) is 35.9. The Labute approximate surface area is 599 Å². The molecule has 0 bridgehead atoms. The number of benzene rings is 1. The second-order valence-corrected chi connectivity index (χ2v) is 30.3. The quantitative estimate of drug-likeness (QED) is 0.177. The molecule has 101 heavy (non-hydrogen) atoms. The van der Waals surface area contributed by atoms with Gasteiger partial charge in [0.25, 0.3) is 0 Å². The van der Waals surface area contributed by atoms with E-state index in [-0.39, 0.29) is 70.4 Å². The number of aryl methyl sites for hydroxylation is 1. The van der Waals surface area contributed by atoms with Gasteiger partial charge in [-0.1, -0.05) is 123 Å². The topological polar surface area (TPSA) is 270 Å². The molecule has 24 nitrogen and oxygen atoms in total. The average molecular weight is 1440 g/mol. The van der Waals surface area contributed by atoms with Crippen LogP contribution < -0.4 is 16.0 Å². The highest BCUT2D eigenvalue weighted by Gasteiger charge is 2.51. The number of unbranched alkanes of at least 4 members (excludes halogenated alkanes) is 2. The number of carbonyl (C=O) groups is 12. The van der Waals surface area contributed by atoms with Crippen LogP contribution >= 0.6 is 11.6 Å². The van der Waals surface area contributed by atoms with Gasteiger partial charge in [0, 0.05) is 68.5 Å². The maximum Gasteiger partial charge on any atom is 0.417 e. The zero-order valence-electron chi connectivity index (χ0n) is 61.6. The zero-order valence-corrected chi connectivity index (χ0v) is 62.4. The van der Waals surface area contributed by atoms with E-state index < -0.39 is 172 Å². The van der Waals surface area contributed by atoms with E-state index in [1.54, 1.807) is 25.7 Å². The van der Waals surface area contributed by atoms with Crippen molar-refractivity contribution < 1.29 is 70.7 Å². The van der Waals surface area contributed by atoms with E-state index in [2.05, 4.69) is 16.0 Å². The van der Waals surface area contributed by atoms with E-state index in [0.717, 1.165) is 62.0 Å². The molecule has 4 aliphatic heterocycles. The number of rotatable bonds is 13. The predicted octanol–water partition coefficient (Wildman–Crippen LogP) is 6.56. The molecule has 7 rings (SSSR count). The molecular formula is C73H112ClF3N12O12. The standard InChI is InChI=1S/C73H112ClF3N12O12/c1-13-15-18-28-53-62(92)79-60(46(5)14-2)69(99)82(8)47(6)64(94)89-40-34-55(89)67(97)84(10)56(42-48-26-19-16-20-27-48)66(96)81(7)44-58(90)78-52(33-31-49-30-32-50(51(74)41-49)73(75,76)77)65(95)88-39-25-29-54(88)63(93)80-72(35-21-22-36-72)71(101)86(12)61(45(3)4)70(100)85(11)57(43-59(91)83(53)9)68(98)87-37-23-17-24-38-87/h30,32,41,45-48,52-57,60-61H,13-29,31,33-40,42-44H2,1-12H3,(H,78,90)(H,79,92)(H,80,93)/t46-,47-,52-,53-,54-,55-,56-,57-,60-,61-/m0/s1. The lowest BCUT2D eigenvalue weighted by molar-refractivity contribution is -0.160. The lowest BCUT2D eigenvalue weighted by Gasteiger charge is -2.45. The van der Waals surface area contributed by atoms with Gasteiger partial charge in [0.05, 0.1) is 23.6 Å². The SMILES string of the molecule is CCCCC[C@H]1C(=O)N[C@@H]([C@@H](C)CC)C(=O)N(C)[C@@H](C)C(=O)N2CC[C@H]2C(=O)N(C)[C@@H](CC2CCCCC2)C(=O)N(C)CC(=O)N[C@@H](CCc2ccc(C(F)(F)F)c(Cl)c2)C(=O)N2CCC[C@H]2C(=O)NC2(CCCC2)C(=O)N(C)[C@@H](C(C)C)C(=O)N(C)[C@H](C(=O)N2CCCCC2)CC(=O)N1C. The van der Waals surface area contributed by atoms with Gasteiger partial charge in [-0.15, -0.1) is 0 Å². The maximum atomic E-state index is 15.5. The van der Waals surface area contributed by atoms with Gasteiger partial charge in [-0.2, -0.15) is 13.2 Å². The van der Waals surface area contributed by atoms with Crippen LogP contribution in [0.1, 0.15) is 200 Å². The third-order valence-corrected chi connectivity index (χ3v) is 22.9. The first-order valence-corrected chi connectivity index (χ1v) is 37.3. The summed E-state index contributed by atoms with van der Waals surface area (Å²) in [5, 5.41) is 8.19. The van der Waals surface area contributed by atoms with Crippen LogP contribution in [0.5, 0.6) is 0 Å². The summed E-state index contributed by atoms with van der Waals surface area (Å²) in [6.45, 7) is 10.9. The number of likely N-dealkylation sites (N-methyl/N-ethyl adjacent to an activating group) is 6. The number of nitrogens with zero attached hydrogens (tertiary/aromatic N) is 9. The van der Waals surface area contributed by atoms with E-state index in [1.807, 2.05) is 13.8 Å². The van der Waals surface area contributed by atoms with E-state index in [1.165, 1.54) is 89.6 Å². The summed E-state index contributed by atoms with van der Waals surface area (Å²) in [5.41, 5.74) is -2.35. The number of halogens is 4. The molecule has 6 aliphatic rings. The number of alkyl halides is 3. The molecule has 10 atom stereocenters. The molecule has 1 aromatic carbocycles. The highest BCUT2D eigenvalue weighted by Crippen LogP contribution is 2.38. The van der Waals surface area contributed by atoms with Crippen LogP contribution in [0.15, 0.2) is 18.2 Å². The normalized spacial score (nSPS) is 27.6. The van der Waals surface area contributed by atoms with Crippen molar-refractivity contribution in [1.29, 1.82) is 0 Å². The third-order valence-electron chi connectivity index (χ3n) is 22.6. The van der Waals surface area contributed by atoms with Gasteiger partial charge in [0.1, 0.15) is 59.9 Å². The van der Waals surface area contributed by atoms with Crippen LogP contribution in [-0.4, -0.2) is 250 Å². The Morgan fingerprint density at radius 1 is 0.634 bits per heavy atom. The first-order valence-electron chi connectivity index (χ1n) is 36.9. The fourth-order valence-corrected chi connectivity index (χ4v) is 16.0. The lowest BCUT2D eigenvalue weighted by Crippen LogP contribution is -2.65. The van der Waals surface area contributed by atoms with Crippen molar-refractivity contribution in [1.82, 2.24) is 60.0 Å². The van der Waals surface area contributed by atoms with Crippen molar-refractivity contribution in [3.63, 3.8) is 0 Å². The molecule has 0 radical (unpaired) electrons. The highest BCUT2D eigenvalue weighted by molar-refractivity contribution is 6.31. The number of fused-ring (bicyclic) bond motifs is 2.